The summed E-state index contributed by atoms with van der Waals surface area (Å²) in [5.41, 5.74) is 3.80. The molecule has 0 radical (unpaired) electrons. The number of fused-ring (bicyclic) bond motifs is 4. The molecule has 0 aromatic heterocycles. The van der Waals surface area contributed by atoms with Crippen LogP contribution >= 0.6 is 23.2 Å². The van der Waals surface area contributed by atoms with Crippen LogP contribution in [0.15, 0.2) is 78.4 Å². The van der Waals surface area contributed by atoms with Crippen molar-refractivity contribution in [2.24, 2.45) is 23.7 Å². The van der Waals surface area contributed by atoms with Crippen molar-refractivity contribution in [2.75, 3.05) is 19.6 Å². The summed E-state index contributed by atoms with van der Waals surface area (Å²) in [4.78, 5) is 57.5. The Balaban J connectivity index is 1.47. The van der Waals surface area contributed by atoms with Crippen LogP contribution in [-0.2, 0) is 24.6 Å². The molecule has 1 saturated carbocycles. The van der Waals surface area contributed by atoms with Crippen LogP contribution in [0.3, 0.4) is 0 Å². The lowest BCUT2D eigenvalue weighted by molar-refractivity contribution is -0.140. The maximum Gasteiger partial charge on any atom is 0.260 e. The SMILES string of the molecule is COc1ccc([C@@]23C(=O)N(Nc4ccc(Cl)cc4Cl)C(=O)[C@@H]2C[C@@H]2C(=CC[C@@H]4C(=O)N(C)C(=O)[C@@H]42)[C@@H]3c2cccc(O)c2)cc1. The van der Waals surface area contributed by atoms with Gasteiger partial charge in [0.25, 0.3) is 11.8 Å². The first-order valence-corrected chi connectivity index (χ1v) is 15.4. The topological polar surface area (TPSA) is 116 Å². The standard InChI is InChI=1S/C34H29Cl2N3O6/c1-38-30(41)23-12-11-22-24(28(23)32(38)43)16-25-31(42)39(37-27-13-8-19(35)15-26(27)36)33(44)34(25,18-6-9-21(45-2)10-7-18)29(22)17-4-3-5-20(40)14-17/h3-11,13-15,23-25,28-29,37,40H,12,16H2,1-2H3/t23-,24+,25-,28-,29-,34+/m0/s1. The maximum absolute atomic E-state index is 15.1. The molecule has 11 heteroatoms. The van der Waals surface area contributed by atoms with Crippen molar-refractivity contribution in [3.8, 4) is 11.5 Å². The summed E-state index contributed by atoms with van der Waals surface area (Å²) in [5, 5.41) is 12.3. The minimum atomic E-state index is -1.48. The number of carbonyl (C=O) groups is 4. The average molecular weight is 647 g/mol. The summed E-state index contributed by atoms with van der Waals surface area (Å²) in [6.45, 7) is 0. The second kappa shape index (κ2) is 10.6. The van der Waals surface area contributed by atoms with E-state index in [0.29, 0.717) is 34.0 Å². The molecule has 230 valence electrons. The first kappa shape index (κ1) is 29.4. The number of anilines is 1. The Bertz CT molecular complexity index is 1810. The van der Waals surface area contributed by atoms with Gasteiger partial charge in [-0.1, -0.05) is 59.1 Å². The number of hydrogen-bond acceptors (Lipinski definition) is 7. The van der Waals surface area contributed by atoms with Crippen LogP contribution in [-0.4, -0.2) is 52.8 Å². The predicted octanol–water partition coefficient (Wildman–Crippen LogP) is 5.32. The minimum Gasteiger partial charge on any atom is -0.508 e. The van der Waals surface area contributed by atoms with Crippen LogP contribution in [0.4, 0.5) is 5.69 Å². The van der Waals surface area contributed by atoms with E-state index in [0.717, 1.165) is 10.6 Å². The highest BCUT2D eigenvalue weighted by atomic mass is 35.5. The predicted molar refractivity (Wildman–Crippen MR) is 167 cm³/mol. The molecule has 0 spiro atoms. The van der Waals surface area contributed by atoms with Gasteiger partial charge in [-0.2, -0.15) is 5.01 Å². The normalized spacial score (nSPS) is 28.9. The van der Waals surface area contributed by atoms with Gasteiger partial charge in [-0.25, -0.2) is 0 Å². The van der Waals surface area contributed by atoms with E-state index in [-0.39, 0.29) is 29.0 Å². The molecule has 2 heterocycles. The second-order valence-corrected chi connectivity index (χ2v) is 12.9. The molecular formula is C34H29Cl2N3O6. The third kappa shape index (κ3) is 4.20. The summed E-state index contributed by atoms with van der Waals surface area (Å²) in [6, 6.07) is 18.4. The third-order valence-electron chi connectivity index (χ3n) is 10.0. The van der Waals surface area contributed by atoms with Gasteiger partial charge >= 0.3 is 0 Å². The van der Waals surface area contributed by atoms with Crippen LogP contribution in [0.1, 0.15) is 29.9 Å². The Hall–Kier alpha value is -4.34. The lowest BCUT2D eigenvalue weighted by atomic mass is 9.49. The van der Waals surface area contributed by atoms with Gasteiger partial charge in [0.05, 0.1) is 41.0 Å². The van der Waals surface area contributed by atoms with Crippen LogP contribution in [0, 0.1) is 23.7 Å². The fraction of sp³-hybridized carbons (Fsp3) is 0.294. The zero-order valence-corrected chi connectivity index (χ0v) is 25.9. The number of phenolic OH excluding ortho intramolecular Hbond substituents is 1. The number of imide groups is 2. The molecule has 6 atom stereocenters. The van der Waals surface area contributed by atoms with Crippen molar-refractivity contribution in [2.45, 2.75) is 24.2 Å². The summed E-state index contributed by atoms with van der Waals surface area (Å²) in [7, 11) is 3.04. The molecule has 0 bridgehead atoms. The number of allylic oxidation sites excluding steroid dienone is 2. The zero-order chi connectivity index (χ0) is 31.8. The summed E-state index contributed by atoms with van der Waals surface area (Å²) in [6.07, 6.45) is 2.46. The Morgan fingerprint density at radius 1 is 0.933 bits per heavy atom. The highest BCUT2D eigenvalue weighted by Crippen LogP contribution is 2.64. The van der Waals surface area contributed by atoms with Gasteiger partial charge in [0.2, 0.25) is 11.8 Å². The number of halogens is 2. The van der Waals surface area contributed by atoms with Crippen molar-refractivity contribution in [1.82, 2.24) is 9.91 Å². The van der Waals surface area contributed by atoms with Gasteiger partial charge in [-0.05, 0) is 72.4 Å². The van der Waals surface area contributed by atoms with Gasteiger partial charge in [0.15, 0.2) is 0 Å². The maximum atomic E-state index is 15.1. The van der Waals surface area contributed by atoms with Crippen molar-refractivity contribution in [3.63, 3.8) is 0 Å². The number of aromatic hydroxyl groups is 1. The van der Waals surface area contributed by atoms with Gasteiger partial charge in [-0.3, -0.25) is 29.5 Å². The molecule has 3 fully saturated rings. The number of phenols is 1. The molecular weight excluding hydrogens is 617 g/mol. The lowest BCUT2D eigenvalue weighted by Gasteiger charge is -2.50. The van der Waals surface area contributed by atoms with E-state index >= 15 is 4.79 Å². The first-order valence-electron chi connectivity index (χ1n) is 14.6. The van der Waals surface area contributed by atoms with Gasteiger partial charge in [0, 0.05) is 18.0 Å². The van der Waals surface area contributed by atoms with Crippen molar-refractivity contribution in [1.29, 1.82) is 0 Å². The molecule has 3 aromatic rings. The monoisotopic (exact) mass is 645 g/mol. The van der Waals surface area contributed by atoms with E-state index in [1.54, 1.807) is 61.7 Å². The van der Waals surface area contributed by atoms with Gasteiger partial charge in [-0.15, -0.1) is 0 Å². The van der Waals surface area contributed by atoms with Crippen LogP contribution in [0.25, 0.3) is 0 Å². The van der Waals surface area contributed by atoms with E-state index in [9.17, 15) is 19.5 Å². The Kier molecular flexibility index (Phi) is 6.94. The third-order valence-corrected chi connectivity index (χ3v) is 10.6. The first-order chi connectivity index (χ1) is 21.6. The Morgan fingerprint density at radius 3 is 2.38 bits per heavy atom. The fourth-order valence-electron chi connectivity index (χ4n) is 8.08. The molecule has 4 amide bonds. The van der Waals surface area contributed by atoms with Crippen molar-refractivity contribution >= 4 is 52.5 Å². The van der Waals surface area contributed by atoms with Gasteiger partial charge < -0.3 is 9.84 Å². The van der Waals surface area contributed by atoms with E-state index in [4.69, 9.17) is 27.9 Å². The molecule has 2 N–H and O–H groups in total. The van der Waals surface area contributed by atoms with Crippen LogP contribution < -0.4 is 10.2 Å². The second-order valence-electron chi connectivity index (χ2n) is 12.0. The molecule has 4 aliphatic rings. The Morgan fingerprint density at radius 2 is 1.69 bits per heavy atom. The van der Waals surface area contributed by atoms with E-state index < -0.39 is 46.8 Å². The van der Waals surface area contributed by atoms with Crippen LogP contribution in [0.5, 0.6) is 11.5 Å². The fourth-order valence-corrected chi connectivity index (χ4v) is 8.53. The lowest BCUT2D eigenvalue weighted by Crippen LogP contribution is -2.53. The largest absolute Gasteiger partial charge is 0.508 e. The van der Waals surface area contributed by atoms with Crippen molar-refractivity contribution in [3.05, 3.63) is 99.6 Å². The molecule has 2 aliphatic carbocycles. The molecule has 45 heavy (non-hydrogen) atoms. The summed E-state index contributed by atoms with van der Waals surface area (Å²) >= 11 is 12.6. The van der Waals surface area contributed by atoms with Gasteiger partial charge in [0.1, 0.15) is 11.5 Å². The number of hydrogen-bond donors (Lipinski definition) is 2. The number of benzene rings is 3. The average Bonchev–Trinajstić information content (AvgIpc) is 3.38. The summed E-state index contributed by atoms with van der Waals surface area (Å²) < 4.78 is 5.41. The van der Waals surface area contributed by atoms with E-state index in [1.165, 1.54) is 18.0 Å². The Labute approximate surface area is 269 Å². The van der Waals surface area contributed by atoms with E-state index in [1.807, 2.05) is 12.1 Å². The molecule has 3 aromatic carbocycles. The molecule has 7 rings (SSSR count). The smallest absolute Gasteiger partial charge is 0.260 e. The summed E-state index contributed by atoms with van der Waals surface area (Å²) in [5.74, 6) is -4.31. The van der Waals surface area contributed by atoms with Crippen LogP contribution in [0.2, 0.25) is 10.0 Å². The number of nitrogens with one attached hydrogen (secondary N) is 1. The number of amides is 4. The number of rotatable bonds is 5. The number of carbonyl (C=O) groups excluding carboxylic acids is 4. The quantitative estimate of drug-likeness (QED) is 0.285. The number of nitrogens with zero attached hydrogens (tertiary/aromatic N) is 2. The number of hydrazine groups is 1. The highest BCUT2D eigenvalue weighted by molar-refractivity contribution is 6.36. The highest BCUT2D eigenvalue weighted by Gasteiger charge is 2.70. The zero-order valence-electron chi connectivity index (χ0n) is 24.4. The number of ether oxygens (including phenoxy) is 1. The molecule has 9 nitrogen and oxygen atoms in total. The van der Waals surface area contributed by atoms with E-state index in [2.05, 4.69) is 5.43 Å². The molecule has 2 aliphatic heterocycles. The molecule has 0 unspecified atom stereocenters. The minimum absolute atomic E-state index is 0.00288. The number of methoxy groups -OCH3 is 1. The molecule has 2 saturated heterocycles. The number of likely N-dealkylation sites (tertiary alicyclic amines) is 1. The van der Waals surface area contributed by atoms with Crippen molar-refractivity contribution < 1.29 is 29.0 Å².